The van der Waals surface area contributed by atoms with Crippen molar-refractivity contribution in [3.8, 4) is 0 Å². The second kappa shape index (κ2) is 7.58. The van der Waals surface area contributed by atoms with Crippen molar-refractivity contribution in [2.45, 2.75) is 12.3 Å². The number of hydrogen-bond donors (Lipinski definition) is 3. The Labute approximate surface area is 172 Å². The van der Waals surface area contributed by atoms with E-state index in [4.69, 9.17) is 11.6 Å². The van der Waals surface area contributed by atoms with Crippen LogP contribution in [0.5, 0.6) is 0 Å². The van der Waals surface area contributed by atoms with Crippen LogP contribution < -0.4 is 15.5 Å². The molecule has 0 aromatic heterocycles. The van der Waals surface area contributed by atoms with Crippen LogP contribution in [-0.4, -0.2) is 17.0 Å². The second-order valence-electron chi connectivity index (χ2n) is 6.63. The Balaban J connectivity index is 1.76. The van der Waals surface area contributed by atoms with Gasteiger partial charge in [0.05, 0.1) is 5.69 Å². The molecule has 29 heavy (non-hydrogen) atoms. The van der Waals surface area contributed by atoms with E-state index in [9.17, 15) is 14.7 Å². The molecule has 146 valence electrons. The van der Waals surface area contributed by atoms with Crippen LogP contribution in [0.25, 0.3) is 0 Å². The van der Waals surface area contributed by atoms with Gasteiger partial charge in [0.15, 0.2) is 0 Å². The fourth-order valence-electron chi connectivity index (χ4n) is 3.35. The van der Waals surface area contributed by atoms with Crippen molar-refractivity contribution < 1.29 is 14.7 Å². The minimum Gasteiger partial charge on any atom is -0.359 e. The number of halogens is 1. The second-order valence-corrected chi connectivity index (χ2v) is 7.06. The van der Waals surface area contributed by atoms with Gasteiger partial charge < -0.3 is 15.7 Å². The zero-order valence-electron chi connectivity index (χ0n) is 15.3. The van der Waals surface area contributed by atoms with E-state index in [1.165, 1.54) is 0 Å². The lowest BCUT2D eigenvalue weighted by molar-refractivity contribution is -0.140. The third-order valence-electron chi connectivity index (χ3n) is 4.77. The molecular weight excluding hydrogens is 390 g/mol. The maximum Gasteiger partial charge on any atom is 0.329 e. The molecule has 3 aromatic carbocycles. The third kappa shape index (κ3) is 3.44. The average Bonchev–Trinajstić information content (AvgIpc) is 2.74. The van der Waals surface area contributed by atoms with Gasteiger partial charge in [-0.2, -0.15) is 0 Å². The van der Waals surface area contributed by atoms with Crippen LogP contribution in [-0.2, 0) is 17.1 Å². The summed E-state index contributed by atoms with van der Waals surface area (Å²) in [6, 6.07) is 21.7. The Morgan fingerprint density at radius 3 is 2.38 bits per heavy atom. The van der Waals surface area contributed by atoms with Crippen molar-refractivity contribution in [3.63, 3.8) is 0 Å². The molecular formula is C22H18ClN3O3. The van der Waals surface area contributed by atoms with E-state index in [1.54, 1.807) is 48.5 Å². The normalized spacial score (nSPS) is 18.0. The first kappa shape index (κ1) is 19.0. The molecule has 7 heteroatoms. The Morgan fingerprint density at radius 2 is 1.66 bits per heavy atom. The lowest BCUT2D eigenvalue weighted by atomic mass is 9.94. The summed E-state index contributed by atoms with van der Waals surface area (Å²) in [5.41, 5.74) is -0.378. The van der Waals surface area contributed by atoms with Crippen LogP contribution in [0.3, 0.4) is 0 Å². The minimum absolute atomic E-state index is 0.209. The Kier molecular flexibility index (Phi) is 4.96. The van der Waals surface area contributed by atoms with E-state index in [-0.39, 0.29) is 12.1 Å². The maximum absolute atomic E-state index is 13.2. The van der Waals surface area contributed by atoms with Crippen LogP contribution in [0.2, 0.25) is 5.02 Å². The van der Waals surface area contributed by atoms with Gasteiger partial charge in [0.2, 0.25) is 0 Å². The summed E-state index contributed by atoms with van der Waals surface area (Å²) in [5, 5.41) is 17.6. The van der Waals surface area contributed by atoms with E-state index in [2.05, 4.69) is 10.6 Å². The summed E-state index contributed by atoms with van der Waals surface area (Å²) in [4.78, 5) is 27.2. The topological polar surface area (TPSA) is 81.7 Å². The molecule has 4 rings (SSSR count). The van der Waals surface area contributed by atoms with Gasteiger partial charge in [-0.25, -0.2) is 4.79 Å². The Morgan fingerprint density at radius 1 is 1.00 bits per heavy atom. The summed E-state index contributed by atoms with van der Waals surface area (Å²) in [6.07, 6.45) is 0. The molecule has 3 N–H and O–H groups in total. The van der Waals surface area contributed by atoms with Gasteiger partial charge in [0, 0.05) is 22.8 Å². The molecule has 1 heterocycles. The first-order valence-electron chi connectivity index (χ1n) is 9.01. The summed E-state index contributed by atoms with van der Waals surface area (Å²) < 4.78 is 0. The standard InChI is InChI=1S/C22H18ClN3O3/c23-16-10-12-17(13-11-16)26-21(28)25-19-9-5-4-8-18(19)22(26,29)20(27)24-14-15-6-2-1-3-7-15/h1-13,29H,14H2,(H,24,27)(H,25,28)/t22-/m1/s1. The number of nitrogens with one attached hydrogen (secondary N) is 2. The van der Waals surface area contributed by atoms with Crippen molar-refractivity contribution in [1.29, 1.82) is 0 Å². The van der Waals surface area contributed by atoms with Crippen LogP contribution in [0.1, 0.15) is 11.1 Å². The van der Waals surface area contributed by atoms with Crippen LogP contribution in [0.15, 0.2) is 78.9 Å². The van der Waals surface area contributed by atoms with Gasteiger partial charge in [0.1, 0.15) is 0 Å². The molecule has 0 saturated carbocycles. The highest BCUT2D eigenvalue weighted by Crippen LogP contribution is 2.39. The number of carbonyl (C=O) groups is 2. The fraction of sp³-hybridized carbons (Fsp3) is 0.0909. The summed E-state index contributed by atoms with van der Waals surface area (Å²) in [6.45, 7) is 0.209. The minimum atomic E-state index is -2.23. The number of aliphatic hydroxyl groups is 1. The van der Waals surface area contributed by atoms with Crippen LogP contribution >= 0.6 is 11.6 Å². The highest BCUT2D eigenvalue weighted by Gasteiger charge is 2.51. The van der Waals surface area contributed by atoms with Crippen LogP contribution in [0, 0.1) is 0 Å². The molecule has 0 unspecified atom stereocenters. The number of nitrogens with zero attached hydrogens (tertiary/aromatic N) is 1. The summed E-state index contributed by atoms with van der Waals surface area (Å²) >= 11 is 5.96. The number of amides is 3. The molecule has 3 amide bonds. The van der Waals surface area contributed by atoms with Gasteiger partial charge in [-0.15, -0.1) is 0 Å². The van der Waals surface area contributed by atoms with Gasteiger partial charge in [0.25, 0.3) is 11.6 Å². The predicted molar refractivity (Wildman–Crippen MR) is 112 cm³/mol. The molecule has 1 aliphatic heterocycles. The van der Waals surface area contributed by atoms with E-state index >= 15 is 0 Å². The number of rotatable bonds is 4. The number of para-hydroxylation sites is 1. The largest absolute Gasteiger partial charge is 0.359 e. The molecule has 0 bridgehead atoms. The number of anilines is 2. The SMILES string of the molecule is O=C1Nc2ccccc2[C@@](O)(C(=O)NCc2ccccc2)N1c1ccc(Cl)cc1. The Bertz CT molecular complexity index is 1060. The molecule has 1 aliphatic rings. The van der Waals surface area contributed by atoms with Crippen molar-refractivity contribution in [1.82, 2.24) is 5.32 Å². The Hall–Kier alpha value is -3.35. The molecule has 0 aliphatic carbocycles. The van der Waals surface area contributed by atoms with Crippen molar-refractivity contribution in [2.24, 2.45) is 0 Å². The first-order chi connectivity index (χ1) is 14.0. The quantitative estimate of drug-likeness (QED) is 0.614. The average molecular weight is 408 g/mol. The van der Waals surface area contributed by atoms with Gasteiger partial charge in [-0.05, 0) is 35.9 Å². The number of hydrogen-bond acceptors (Lipinski definition) is 3. The molecule has 0 spiro atoms. The molecule has 0 saturated heterocycles. The zero-order chi connectivity index (χ0) is 20.4. The highest BCUT2D eigenvalue weighted by atomic mass is 35.5. The molecule has 0 radical (unpaired) electrons. The fourth-order valence-corrected chi connectivity index (χ4v) is 3.48. The van der Waals surface area contributed by atoms with E-state index in [0.717, 1.165) is 10.5 Å². The summed E-state index contributed by atoms with van der Waals surface area (Å²) in [5.74, 6) is -0.710. The van der Waals surface area contributed by atoms with Gasteiger partial charge in [-0.1, -0.05) is 60.1 Å². The molecule has 3 aromatic rings. The number of carbonyl (C=O) groups excluding carboxylic acids is 2. The molecule has 1 atom stereocenters. The van der Waals surface area contributed by atoms with E-state index in [0.29, 0.717) is 16.4 Å². The van der Waals surface area contributed by atoms with Crippen molar-refractivity contribution in [3.05, 3.63) is 95.0 Å². The lowest BCUT2D eigenvalue weighted by Crippen LogP contribution is -2.62. The third-order valence-corrected chi connectivity index (χ3v) is 5.02. The van der Waals surface area contributed by atoms with Crippen molar-refractivity contribution in [2.75, 3.05) is 10.2 Å². The van der Waals surface area contributed by atoms with Crippen LogP contribution in [0.4, 0.5) is 16.2 Å². The van der Waals surface area contributed by atoms with Crippen molar-refractivity contribution >= 4 is 34.9 Å². The lowest BCUT2D eigenvalue weighted by Gasteiger charge is -2.42. The smallest absolute Gasteiger partial charge is 0.329 e. The monoisotopic (exact) mass is 407 g/mol. The summed E-state index contributed by atoms with van der Waals surface area (Å²) in [7, 11) is 0. The molecule has 6 nitrogen and oxygen atoms in total. The number of benzene rings is 3. The number of fused-ring (bicyclic) bond motifs is 1. The van der Waals surface area contributed by atoms with Gasteiger partial charge in [-0.3, -0.25) is 9.69 Å². The van der Waals surface area contributed by atoms with Gasteiger partial charge >= 0.3 is 6.03 Å². The highest BCUT2D eigenvalue weighted by molar-refractivity contribution is 6.30. The predicted octanol–water partition coefficient (Wildman–Crippen LogP) is 3.85. The molecule has 0 fully saturated rings. The van der Waals surface area contributed by atoms with E-state index < -0.39 is 17.7 Å². The zero-order valence-corrected chi connectivity index (χ0v) is 16.1. The van der Waals surface area contributed by atoms with E-state index in [1.807, 2.05) is 30.3 Å². The first-order valence-corrected chi connectivity index (χ1v) is 9.39. The maximum atomic E-state index is 13.2. The number of urea groups is 1.